The van der Waals surface area contributed by atoms with Gasteiger partial charge in [0.1, 0.15) is 0 Å². The maximum atomic E-state index is 13.5. The van der Waals surface area contributed by atoms with E-state index in [9.17, 15) is 19.2 Å². The first-order chi connectivity index (χ1) is 15.6. The van der Waals surface area contributed by atoms with Crippen molar-refractivity contribution >= 4 is 34.2 Å². The first-order valence-electron chi connectivity index (χ1n) is 11.0. The van der Waals surface area contributed by atoms with Crippen molar-refractivity contribution in [3.05, 3.63) is 61.9 Å². The number of nitrogens with zero attached hydrogens (tertiary/aromatic N) is 2. The van der Waals surface area contributed by atoms with Crippen LogP contribution in [-0.4, -0.2) is 26.3 Å². The van der Waals surface area contributed by atoms with E-state index >= 15 is 0 Å². The van der Waals surface area contributed by atoms with Crippen LogP contribution in [0, 0.1) is 12.8 Å². The van der Waals surface area contributed by atoms with Crippen LogP contribution in [-0.2, 0) is 11.3 Å². The van der Waals surface area contributed by atoms with Gasteiger partial charge in [0.2, 0.25) is 5.91 Å². The van der Waals surface area contributed by atoms with Crippen LogP contribution in [0.3, 0.4) is 0 Å². The summed E-state index contributed by atoms with van der Waals surface area (Å²) in [5, 5.41) is 5.61. The van der Waals surface area contributed by atoms with Crippen LogP contribution in [0.1, 0.15) is 61.1 Å². The highest BCUT2D eigenvalue weighted by atomic mass is 16.2. The molecule has 1 aliphatic carbocycles. The molecular formula is C24H27N5O4. The molecule has 1 aliphatic rings. The predicted octanol–water partition coefficient (Wildman–Crippen LogP) is 3.14. The summed E-state index contributed by atoms with van der Waals surface area (Å²) in [6.07, 6.45) is 1.89. The highest BCUT2D eigenvalue weighted by Crippen LogP contribution is 2.40. The standard InChI is InChI=1S/C24H27N5O4/c1-12(2)11-29-21-20(23(32)28-24(29)33)16(10-18(26-21)15-6-7-15)22(31)27-19-9-13(3)5-8-17(19)25-14(4)30/h5,8-10,12,15H,6-7,11H2,1-4H3,(H,25,30)(H,27,31)(H,28,32,33). The Kier molecular flexibility index (Phi) is 5.88. The van der Waals surface area contributed by atoms with Gasteiger partial charge in [-0.3, -0.25) is 23.9 Å². The number of amides is 2. The van der Waals surface area contributed by atoms with E-state index in [1.807, 2.05) is 26.8 Å². The maximum absolute atomic E-state index is 13.5. The Morgan fingerprint density at radius 2 is 1.88 bits per heavy atom. The molecule has 3 N–H and O–H groups in total. The van der Waals surface area contributed by atoms with Crippen LogP contribution in [0.4, 0.5) is 11.4 Å². The zero-order chi connectivity index (χ0) is 23.9. The van der Waals surface area contributed by atoms with Gasteiger partial charge < -0.3 is 10.6 Å². The highest BCUT2D eigenvalue weighted by Gasteiger charge is 2.29. The number of hydrogen-bond donors (Lipinski definition) is 3. The second-order valence-electron chi connectivity index (χ2n) is 9.02. The molecule has 4 rings (SSSR count). The molecule has 0 bridgehead atoms. The Labute approximate surface area is 190 Å². The number of rotatable bonds is 6. The number of carbonyl (C=O) groups excluding carboxylic acids is 2. The largest absolute Gasteiger partial charge is 0.330 e. The van der Waals surface area contributed by atoms with Crippen LogP contribution >= 0.6 is 0 Å². The normalized spacial score (nSPS) is 13.4. The van der Waals surface area contributed by atoms with Gasteiger partial charge in [-0.1, -0.05) is 19.9 Å². The third-order valence-electron chi connectivity index (χ3n) is 5.49. The van der Waals surface area contributed by atoms with E-state index in [1.54, 1.807) is 18.2 Å². The average molecular weight is 450 g/mol. The van der Waals surface area contributed by atoms with Crippen molar-refractivity contribution in [1.82, 2.24) is 14.5 Å². The number of anilines is 2. The molecule has 0 saturated heterocycles. The number of H-pyrrole nitrogens is 1. The molecule has 2 heterocycles. The van der Waals surface area contributed by atoms with Gasteiger partial charge in [0.15, 0.2) is 5.65 Å². The van der Waals surface area contributed by atoms with E-state index in [2.05, 4.69) is 20.6 Å². The number of carbonyl (C=O) groups is 2. The average Bonchev–Trinajstić information content (AvgIpc) is 3.57. The smallest absolute Gasteiger partial charge is 0.325 e. The van der Waals surface area contributed by atoms with E-state index < -0.39 is 17.2 Å². The first-order valence-corrected chi connectivity index (χ1v) is 11.0. The SMILES string of the molecule is CC(=O)Nc1ccc(C)cc1NC(=O)c1cc(C2CC2)nc2c1c(=O)[nH]c(=O)n2CC(C)C. The van der Waals surface area contributed by atoms with Crippen molar-refractivity contribution in [2.45, 2.75) is 53.0 Å². The Bertz CT molecular complexity index is 1380. The van der Waals surface area contributed by atoms with Crippen molar-refractivity contribution in [1.29, 1.82) is 0 Å². The topological polar surface area (TPSA) is 126 Å². The molecule has 33 heavy (non-hydrogen) atoms. The minimum Gasteiger partial charge on any atom is -0.325 e. The molecule has 1 saturated carbocycles. The quantitative estimate of drug-likeness (QED) is 0.533. The molecular weight excluding hydrogens is 422 g/mol. The summed E-state index contributed by atoms with van der Waals surface area (Å²) < 4.78 is 1.43. The minimum atomic E-state index is -0.652. The minimum absolute atomic E-state index is 0.0749. The molecule has 172 valence electrons. The molecule has 3 aromatic rings. The Morgan fingerprint density at radius 3 is 2.52 bits per heavy atom. The fourth-order valence-electron chi connectivity index (χ4n) is 3.85. The summed E-state index contributed by atoms with van der Waals surface area (Å²) in [5.41, 5.74) is 1.63. The summed E-state index contributed by atoms with van der Waals surface area (Å²) in [6.45, 7) is 7.54. The number of nitrogens with one attached hydrogen (secondary N) is 3. The highest BCUT2D eigenvalue weighted by molar-refractivity contribution is 6.13. The Hall–Kier alpha value is -3.75. The van der Waals surface area contributed by atoms with E-state index in [4.69, 9.17) is 0 Å². The maximum Gasteiger partial charge on any atom is 0.330 e. The van der Waals surface area contributed by atoms with E-state index in [0.29, 0.717) is 23.6 Å². The molecule has 0 atom stereocenters. The number of benzene rings is 1. The molecule has 0 aliphatic heterocycles. The van der Waals surface area contributed by atoms with Gasteiger partial charge in [0, 0.05) is 25.1 Å². The Balaban J connectivity index is 1.88. The van der Waals surface area contributed by atoms with Crippen molar-refractivity contribution in [3.8, 4) is 0 Å². The Morgan fingerprint density at radius 1 is 1.15 bits per heavy atom. The van der Waals surface area contributed by atoms with Gasteiger partial charge >= 0.3 is 5.69 Å². The number of aromatic nitrogens is 3. The fraction of sp³-hybridized carbons (Fsp3) is 0.375. The second-order valence-corrected chi connectivity index (χ2v) is 9.02. The third kappa shape index (κ3) is 4.72. The molecule has 0 radical (unpaired) electrons. The van der Waals surface area contributed by atoms with Crippen molar-refractivity contribution in [2.24, 2.45) is 5.92 Å². The lowest BCUT2D eigenvalue weighted by Crippen LogP contribution is -2.33. The predicted molar refractivity (Wildman–Crippen MR) is 127 cm³/mol. The lowest BCUT2D eigenvalue weighted by Gasteiger charge is -2.16. The number of pyridine rings is 1. The lowest BCUT2D eigenvalue weighted by atomic mass is 10.1. The molecule has 1 fully saturated rings. The van der Waals surface area contributed by atoms with Crippen LogP contribution in [0.25, 0.3) is 11.0 Å². The molecule has 2 aromatic heterocycles. The van der Waals surface area contributed by atoms with Gasteiger partial charge in [0.05, 0.1) is 22.3 Å². The van der Waals surface area contributed by atoms with Crippen molar-refractivity contribution < 1.29 is 9.59 Å². The summed E-state index contributed by atoms with van der Waals surface area (Å²) in [7, 11) is 0. The van der Waals surface area contributed by atoms with Crippen molar-refractivity contribution in [2.75, 3.05) is 10.6 Å². The van der Waals surface area contributed by atoms with Gasteiger partial charge in [-0.2, -0.15) is 0 Å². The zero-order valence-electron chi connectivity index (χ0n) is 19.1. The number of fused-ring (bicyclic) bond motifs is 1. The first kappa shape index (κ1) is 22.4. The zero-order valence-corrected chi connectivity index (χ0v) is 19.1. The van der Waals surface area contributed by atoms with Gasteiger partial charge in [-0.25, -0.2) is 9.78 Å². The van der Waals surface area contributed by atoms with E-state index in [0.717, 1.165) is 18.4 Å². The molecule has 0 spiro atoms. The fourth-order valence-corrected chi connectivity index (χ4v) is 3.85. The van der Waals surface area contributed by atoms with Gasteiger partial charge in [-0.05, 0) is 49.4 Å². The molecule has 1 aromatic carbocycles. The molecule has 0 unspecified atom stereocenters. The molecule has 9 heteroatoms. The van der Waals surface area contributed by atoms with Gasteiger partial charge in [0.25, 0.3) is 11.5 Å². The van der Waals surface area contributed by atoms with Crippen LogP contribution in [0.5, 0.6) is 0 Å². The second kappa shape index (κ2) is 8.65. The van der Waals surface area contributed by atoms with Crippen LogP contribution in [0.15, 0.2) is 33.9 Å². The monoisotopic (exact) mass is 449 g/mol. The number of hydrogen-bond acceptors (Lipinski definition) is 5. The van der Waals surface area contributed by atoms with Crippen LogP contribution < -0.4 is 21.9 Å². The van der Waals surface area contributed by atoms with E-state index in [-0.39, 0.29) is 34.3 Å². The summed E-state index contributed by atoms with van der Waals surface area (Å²) >= 11 is 0. The lowest BCUT2D eigenvalue weighted by molar-refractivity contribution is -0.114. The van der Waals surface area contributed by atoms with Crippen LogP contribution in [0.2, 0.25) is 0 Å². The van der Waals surface area contributed by atoms with Crippen molar-refractivity contribution in [3.63, 3.8) is 0 Å². The number of aryl methyl sites for hydroxylation is 1. The summed E-state index contributed by atoms with van der Waals surface area (Å²) in [4.78, 5) is 57.4. The number of aromatic amines is 1. The third-order valence-corrected chi connectivity index (χ3v) is 5.49. The molecule has 9 nitrogen and oxygen atoms in total. The molecule has 2 amide bonds. The van der Waals surface area contributed by atoms with Gasteiger partial charge in [-0.15, -0.1) is 0 Å². The summed E-state index contributed by atoms with van der Waals surface area (Å²) in [5.74, 6) is -0.444. The summed E-state index contributed by atoms with van der Waals surface area (Å²) in [6, 6.07) is 6.92. The van der Waals surface area contributed by atoms with E-state index in [1.165, 1.54) is 11.5 Å².